The molecule has 2 aromatic rings. The Morgan fingerprint density at radius 3 is 2.17 bits per heavy atom. The van der Waals surface area contributed by atoms with Crippen LogP contribution in [0.1, 0.15) is 17.0 Å². The summed E-state index contributed by atoms with van der Waals surface area (Å²) in [6.45, 7) is 0. The van der Waals surface area contributed by atoms with E-state index in [1.165, 1.54) is 0 Å². The fourth-order valence-corrected chi connectivity index (χ4v) is 2.35. The maximum atomic E-state index is 9.30. The molecule has 1 nitrogen and oxygen atoms in total. The number of nitriles is 1. The molecule has 0 spiro atoms. The first-order chi connectivity index (χ1) is 8.72. The molecule has 0 unspecified atom stereocenters. The molecule has 2 aromatic carbocycles. The third kappa shape index (κ3) is 2.85. The molecule has 0 bridgehead atoms. The molecule has 0 heterocycles. The van der Waals surface area contributed by atoms with Gasteiger partial charge in [0.2, 0.25) is 0 Å². The lowest BCUT2D eigenvalue weighted by molar-refractivity contribution is 0.849. The first-order valence-electron chi connectivity index (χ1n) is 5.60. The molecule has 0 saturated carbocycles. The fraction of sp³-hybridized carbons (Fsp3) is 0.133. The second-order valence-electron chi connectivity index (χ2n) is 4.00. The summed E-state index contributed by atoms with van der Waals surface area (Å²) >= 11 is 12.2. The molecule has 1 atom stereocenters. The smallest absolute Gasteiger partial charge is 0.0767 e. The zero-order valence-corrected chi connectivity index (χ0v) is 11.1. The van der Waals surface area contributed by atoms with Crippen molar-refractivity contribution in [1.29, 1.82) is 5.26 Å². The monoisotopic (exact) mass is 275 g/mol. The van der Waals surface area contributed by atoms with Crippen molar-refractivity contribution in [2.75, 3.05) is 0 Å². The Balaban J connectivity index is 2.30. The van der Waals surface area contributed by atoms with E-state index in [1.54, 1.807) is 6.07 Å². The van der Waals surface area contributed by atoms with Crippen LogP contribution in [0.15, 0.2) is 48.5 Å². The normalized spacial score (nSPS) is 11.8. The van der Waals surface area contributed by atoms with Gasteiger partial charge in [-0.05, 0) is 29.7 Å². The van der Waals surface area contributed by atoms with Gasteiger partial charge in [-0.15, -0.1) is 0 Å². The van der Waals surface area contributed by atoms with Gasteiger partial charge in [0.1, 0.15) is 0 Å². The largest absolute Gasteiger partial charge is 0.198 e. The molecule has 0 radical (unpaired) electrons. The van der Waals surface area contributed by atoms with E-state index in [4.69, 9.17) is 23.2 Å². The first kappa shape index (κ1) is 13.0. The van der Waals surface area contributed by atoms with E-state index in [-0.39, 0.29) is 5.92 Å². The standard InChI is InChI=1S/C15H11Cl2N/c16-14-7-3-1-5-11(14)9-12(10-18)13-6-2-4-8-15(13)17/h1-8,12H,9H2/t12-/m1/s1. The Labute approximate surface area is 117 Å². The lowest BCUT2D eigenvalue weighted by atomic mass is 9.93. The predicted octanol–water partition coefficient (Wildman–Crippen LogP) is 4.84. The first-order valence-corrected chi connectivity index (χ1v) is 6.35. The number of benzene rings is 2. The van der Waals surface area contributed by atoms with Crippen molar-refractivity contribution >= 4 is 23.2 Å². The fourth-order valence-electron chi connectivity index (χ4n) is 1.87. The average Bonchev–Trinajstić information content (AvgIpc) is 2.39. The molecule has 0 amide bonds. The SMILES string of the molecule is N#C[C@@H](Cc1ccccc1Cl)c1ccccc1Cl. The Morgan fingerprint density at radius 1 is 0.944 bits per heavy atom. The molecule has 2 rings (SSSR count). The van der Waals surface area contributed by atoms with E-state index in [2.05, 4.69) is 6.07 Å². The highest BCUT2D eigenvalue weighted by Crippen LogP contribution is 2.29. The maximum absolute atomic E-state index is 9.30. The third-order valence-electron chi connectivity index (χ3n) is 2.82. The van der Waals surface area contributed by atoms with Crippen molar-refractivity contribution in [3.63, 3.8) is 0 Å². The van der Waals surface area contributed by atoms with Gasteiger partial charge in [-0.3, -0.25) is 0 Å². The second-order valence-corrected chi connectivity index (χ2v) is 4.81. The van der Waals surface area contributed by atoms with Gasteiger partial charge in [-0.1, -0.05) is 59.6 Å². The number of hydrogen-bond acceptors (Lipinski definition) is 1. The van der Waals surface area contributed by atoms with Crippen molar-refractivity contribution in [3.8, 4) is 6.07 Å². The summed E-state index contributed by atoms with van der Waals surface area (Å²) in [6.07, 6.45) is 0.569. The summed E-state index contributed by atoms with van der Waals surface area (Å²) in [5.74, 6) is -0.279. The van der Waals surface area contributed by atoms with E-state index < -0.39 is 0 Å². The average molecular weight is 276 g/mol. The van der Waals surface area contributed by atoms with Crippen LogP contribution in [-0.4, -0.2) is 0 Å². The summed E-state index contributed by atoms with van der Waals surface area (Å²) in [5, 5.41) is 10.6. The number of halogens is 2. The molecule has 0 aliphatic carbocycles. The number of nitrogens with zero attached hydrogens (tertiary/aromatic N) is 1. The van der Waals surface area contributed by atoms with Gasteiger partial charge in [0.05, 0.1) is 12.0 Å². The van der Waals surface area contributed by atoms with E-state index >= 15 is 0 Å². The molecule has 3 heteroatoms. The minimum Gasteiger partial charge on any atom is -0.198 e. The summed E-state index contributed by atoms with van der Waals surface area (Å²) in [4.78, 5) is 0. The van der Waals surface area contributed by atoms with Gasteiger partial charge < -0.3 is 0 Å². The van der Waals surface area contributed by atoms with Crippen molar-refractivity contribution in [2.24, 2.45) is 0 Å². The quantitative estimate of drug-likeness (QED) is 0.786. The van der Waals surface area contributed by atoms with Gasteiger partial charge in [-0.25, -0.2) is 0 Å². The van der Waals surface area contributed by atoms with Crippen molar-refractivity contribution in [2.45, 2.75) is 12.3 Å². The van der Waals surface area contributed by atoms with Crippen LogP contribution in [-0.2, 0) is 6.42 Å². The Hall–Kier alpha value is -1.49. The van der Waals surface area contributed by atoms with E-state index in [1.807, 2.05) is 42.5 Å². The predicted molar refractivity (Wildman–Crippen MR) is 75.0 cm³/mol. The van der Waals surface area contributed by atoms with Crippen molar-refractivity contribution < 1.29 is 0 Å². The van der Waals surface area contributed by atoms with Crippen LogP contribution in [0.25, 0.3) is 0 Å². The van der Waals surface area contributed by atoms with E-state index in [9.17, 15) is 5.26 Å². The van der Waals surface area contributed by atoms with Gasteiger partial charge in [0, 0.05) is 10.0 Å². The highest BCUT2D eigenvalue weighted by molar-refractivity contribution is 6.31. The van der Waals surface area contributed by atoms with Gasteiger partial charge in [0.25, 0.3) is 0 Å². The summed E-state index contributed by atoms with van der Waals surface area (Å²) in [7, 11) is 0. The Bertz CT molecular complexity index is 587. The Kier molecular flexibility index (Phi) is 4.25. The molecule has 0 saturated heterocycles. The summed E-state index contributed by atoms with van der Waals surface area (Å²) in [6, 6.07) is 17.3. The zero-order valence-electron chi connectivity index (χ0n) is 9.61. The summed E-state index contributed by atoms with van der Waals surface area (Å²) < 4.78 is 0. The molecular weight excluding hydrogens is 265 g/mol. The minimum absolute atomic E-state index is 0.279. The van der Waals surface area contributed by atoms with Gasteiger partial charge in [-0.2, -0.15) is 5.26 Å². The highest BCUT2D eigenvalue weighted by atomic mass is 35.5. The number of rotatable bonds is 3. The van der Waals surface area contributed by atoms with Crippen LogP contribution in [0.3, 0.4) is 0 Å². The minimum atomic E-state index is -0.279. The zero-order chi connectivity index (χ0) is 13.0. The van der Waals surface area contributed by atoms with Crippen LogP contribution >= 0.6 is 23.2 Å². The van der Waals surface area contributed by atoms with Gasteiger partial charge >= 0.3 is 0 Å². The van der Waals surface area contributed by atoms with Crippen molar-refractivity contribution in [3.05, 3.63) is 69.7 Å². The highest BCUT2D eigenvalue weighted by Gasteiger charge is 2.15. The van der Waals surface area contributed by atoms with Crippen LogP contribution in [0.4, 0.5) is 0 Å². The Morgan fingerprint density at radius 2 is 1.56 bits per heavy atom. The molecule has 0 aromatic heterocycles. The van der Waals surface area contributed by atoms with Gasteiger partial charge in [0.15, 0.2) is 0 Å². The van der Waals surface area contributed by atoms with E-state index in [0.717, 1.165) is 11.1 Å². The third-order valence-corrected chi connectivity index (χ3v) is 3.53. The molecule has 0 aliphatic rings. The molecule has 18 heavy (non-hydrogen) atoms. The molecule has 0 N–H and O–H groups in total. The van der Waals surface area contributed by atoms with Crippen molar-refractivity contribution in [1.82, 2.24) is 0 Å². The molecular formula is C15H11Cl2N. The van der Waals surface area contributed by atoms with Crippen LogP contribution in [0, 0.1) is 11.3 Å². The van der Waals surface area contributed by atoms with Crippen LogP contribution in [0.2, 0.25) is 10.0 Å². The number of hydrogen-bond donors (Lipinski definition) is 0. The lowest BCUT2D eigenvalue weighted by Crippen LogP contribution is -2.01. The van der Waals surface area contributed by atoms with Crippen LogP contribution in [0.5, 0.6) is 0 Å². The molecule has 0 fully saturated rings. The summed E-state index contributed by atoms with van der Waals surface area (Å²) in [5.41, 5.74) is 1.81. The molecule has 0 aliphatic heterocycles. The topological polar surface area (TPSA) is 23.8 Å². The van der Waals surface area contributed by atoms with Crippen LogP contribution < -0.4 is 0 Å². The lowest BCUT2D eigenvalue weighted by Gasteiger charge is -2.12. The maximum Gasteiger partial charge on any atom is 0.0767 e. The second kappa shape index (κ2) is 5.91. The van der Waals surface area contributed by atoms with E-state index in [0.29, 0.717) is 16.5 Å². The molecule has 90 valence electrons.